The van der Waals surface area contributed by atoms with E-state index in [9.17, 15) is 4.79 Å². The molecule has 1 aromatic carbocycles. The first-order valence-corrected chi connectivity index (χ1v) is 9.33. The molecule has 0 saturated heterocycles. The van der Waals surface area contributed by atoms with E-state index in [0.29, 0.717) is 17.2 Å². The van der Waals surface area contributed by atoms with Crippen LogP contribution >= 0.6 is 11.6 Å². The average molecular weight is 361 g/mol. The number of carbonyl (C=O) groups is 1. The van der Waals surface area contributed by atoms with Crippen molar-refractivity contribution in [1.29, 1.82) is 0 Å². The third-order valence-electron chi connectivity index (χ3n) is 3.93. The van der Waals surface area contributed by atoms with Crippen LogP contribution in [0.3, 0.4) is 0 Å². The number of benzene rings is 1. The van der Waals surface area contributed by atoms with Crippen LogP contribution in [0.25, 0.3) is 11.1 Å². The van der Waals surface area contributed by atoms with Gasteiger partial charge in [0, 0.05) is 30.8 Å². The quantitative estimate of drug-likeness (QED) is 0.330. The summed E-state index contributed by atoms with van der Waals surface area (Å²) in [6, 6.07) is 5.36. The molecule has 0 aliphatic carbocycles. The van der Waals surface area contributed by atoms with Gasteiger partial charge in [-0.3, -0.25) is 4.79 Å². The van der Waals surface area contributed by atoms with E-state index >= 15 is 0 Å². The van der Waals surface area contributed by atoms with Crippen molar-refractivity contribution in [2.75, 3.05) is 0 Å². The second kappa shape index (κ2) is 10.1. The Morgan fingerprint density at radius 2 is 1.76 bits per heavy atom. The van der Waals surface area contributed by atoms with Crippen molar-refractivity contribution in [2.45, 2.75) is 58.8 Å². The predicted octanol–water partition coefficient (Wildman–Crippen LogP) is 5.63. The van der Waals surface area contributed by atoms with E-state index in [4.69, 9.17) is 16.3 Å². The number of aryl methyl sites for hydroxylation is 1. The minimum absolute atomic E-state index is 0.253. The Morgan fingerprint density at radius 3 is 2.40 bits per heavy atom. The fourth-order valence-electron chi connectivity index (χ4n) is 2.42. The zero-order chi connectivity index (χ0) is 18.1. The number of nitrogens with zero attached hydrogens (tertiary/aromatic N) is 2. The molecule has 0 atom stereocenters. The molecule has 0 bridgehead atoms. The minimum Gasteiger partial charge on any atom is -0.425 e. The molecule has 0 aliphatic heterocycles. The van der Waals surface area contributed by atoms with Crippen molar-refractivity contribution in [3.63, 3.8) is 0 Å². The SMILES string of the molecule is CCCCCc1ncc(-c2ccc(OC(=O)CCCC)c(Cl)c2)cn1. The highest BCUT2D eigenvalue weighted by Gasteiger charge is 2.10. The van der Waals surface area contributed by atoms with E-state index < -0.39 is 0 Å². The van der Waals surface area contributed by atoms with Gasteiger partial charge >= 0.3 is 5.97 Å². The molecule has 0 unspecified atom stereocenters. The summed E-state index contributed by atoms with van der Waals surface area (Å²) in [6.07, 6.45) is 10.2. The number of hydrogen-bond acceptors (Lipinski definition) is 4. The highest BCUT2D eigenvalue weighted by molar-refractivity contribution is 6.32. The average Bonchev–Trinajstić information content (AvgIpc) is 2.62. The van der Waals surface area contributed by atoms with Crippen LogP contribution in [0.5, 0.6) is 5.75 Å². The third-order valence-corrected chi connectivity index (χ3v) is 4.23. The Morgan fingerprint density at radius 1 is 1.04 bits per heavy atom. The number of aromatic nitrogens is 2. The summed E-state index contributed by atoms with van der Waals surface area (Å²) >= 11 is 6.26. The number of unbranched alkanes of at least 4 members (excludes halogenated alkanes) is 3. The Kier molecular flexibility index (Phi) is 7.86. The van der Waals surface area contributed by atoms with Gasteiger partial charge in [-0.25, -0.2) is 9.97 Å². The molecule has 0 amide bonds. The Labute approximate surface area is 154 Å². The lowest BCUT2D eigenvalue weighted by atomic mass is 10.1. The van der Waals surface area contributed by atoms with Crippen LogP contribution in [0.15, 0.2) is 30.6 Å². The molecule has 0 spiro atoms. The van der Waals surface area contributed by atoms with Gasteiger partial charge in [0.1, 0.15) is 11.6 Å². The van der Waals surface area contributed by atoms with Gasteiger partial charge in [0.25, 0.3) is 0 Å². The van der Waals surface area contributed by atoms with Gasteiger partial charge in [0.05, 0.1) is 5.02 Å². The van der Waals surface area contributed by atoms with Crippen LogP contribution in [0, 0.1) is 0 Å². The molecule has 134 valence electrons. The molecule has 0 fully saturated rings. The summed E-state index contributed by atoms with van der Waals surface area (Å²) in [5.74, 6) is 1.00. The predicted molar refractivity (Wildman–Crippen MR) is 101 cm³/mol. The van der Waals surface area contributed by atoms with Crippen LogP contribution in [-0.4, -0.2) is 15.9 Å². The molecule has 4 nitrogen and oxygen atoms in total. The monoisotopic (exact) mass is 360 g/mol. The van der Waals surface area contributed by atoms with Gasteiger partial charge in [-0.2, -0.15) is 0 Å². The van der Waals surface area contributed by atoms with E-state index in [1.807, 2.05) is 25.4 Å². The van der Waals surface area contributed by atoms with Gasteiger partial charge in [-0.05, 0) is 30.5 Å². The highest BCUT2D eigenvalue weighted by atomic mass is 35.5. The Hall–Kier alpha value is -1.94. The van der Waals surface area contributed by atoms with Gasteiger partial charge in [0.15, 0.2) is 0 Å². The summed E-state index contributed by atoms with van der Waals surface area (Å²) in [6.45, 7) is 4.21. The van der Waals surface area contributed by atoms with Crippen LogP contribution in [-0.2, 0) is 11.2 Å². The van der Waals surface area contributed by atoms with Crippen LogP contribution in [0.2, 0.25) is 5.02 Å². The molecule has 0 N–H and O–H groups in total. The van der Waals surface area contributed by atoms with E-state index in [1.165, 1.54) is 12.8 Å². The van der Waals surface area contributed by atoms with Crippen molar-refractivity contribution < 1.29 is 9.53 Å². The highest BCUT2D eigenvalue weighted by Crippen LogP contribution is 2.30. The fraction of sp³-hybridized carbons (Fsp3) is 0.450. The van der Waals surface area contributed by atoms with E-state index in [1.54, 1.807) is 12.1 Å². The molecule has 25 heavy (non-hydrogen) atoms. The third kappa shape index (κ3) is 6.13. The van der Waals surface area contributed by atoms with Crippen molar-refractivity contribution in [3.05, 3.63) is 41.4 Å². The fourth-order valence-corrected chi connectivity index (χ4v) is 2.64. The first kappa shape index (κ1) is 19.4. The van der Waals surface area contributed by atoms with Gasteiger partial charge in [0.2, 0.25) is 0 Å². The van der Waals surface area contributed by atoms with Crippen molar-refractivity contribution >= 4 is 17.6 Å². The summed E-state index contributed by atoms with van der Waals surface area (Å²) in [7, 11) is 0. The summed E-state index contributed by atoms with van der Waals surface area (Å²) < 4.78 is 5.31. The zero-order valence-corrected chi connectivity index (χ0v) is 15.7. The summed E-state index contributed by atoms with van der Waals surface area (Å²) in [5.41, 5.74) is 1.79. The first-order chi connectivity index (χ1) is 12.1. The maximum atomic E-state index is 11.7. The molecule has 0 aliphatic rings. The lowest BCUT2D eigenvalue weighted by Gasteiger charge is -2.08. The second-order valence-electron chi connectivity index (χ2n) is 6.07. The molecule has 1 heterocycles. The molecule has 0 radical (unpaired) electrons. The lowest BCUT2D eigenvalue weighted by Crippen LogP contribution is -2.07. The van der Waals surface area contributed by atoms with Gasteiger partial charge in [-0.15, -0.1) is 0 Å². The Bertz CT molecular complexity index is 687. The molecule has 2 rings (SSSR count). The molecule has 5 heteroatoms. The number of halogens is 1. The topological polar surface area (TPSA) is 52.1 Å². The Balaban J connectivity index is 2.03. The summed E-state index contributed by atoms with van der Waals surface area (Å²) in [4.78, 5) is 20.6. The first-order valence-electron chi connectivity index (χ1n) is 8.95. The maximum absolute atomic E-state index is 11.7. The minimum atomic E-state index is -0.253. The summed E-state index contributed by atoms with van der Waals surface area (Å²) in [5, 5.41) is 0.411. The maximum Gasteiger partial charge on any atom is 0.311 e. The normalized spacial score (nSPS) is 10.7. The number of ether oxygens (including phenoxy) is 1. The van der Waals surface area contributed by atoms with E-state index in [0.717, 1.165) is 42.6 Å². The van der Waals surface area contributed by atoms with Crippen LogP contribution < -0.4 is 4.74 Å². The lowest BCUT2D eigenvalue weighted by molar-refractivity contribution is -0.134. The van der Waals surface area contributed by atoms with Gasteiger partial charge < -0.3 is 4.74 Å². The number of carbonyl (C=O) groups excluding carboxylic acids is 1. The van der Waals surface area contributed by atoms with E-state index in [2.05, 4.69) is 16.9 Å². The molecule has 2 aromatic rings. The standard InChI is InChI=1S/C20H25ClN2O2/c1-3-5-7-8-19-22-13-16(14-23-19)15-10-11-18(17(21)12-15)25-20(24)9-6-4-2/h10-14H,3-9H2,1-2H3. The van der Waals surface area contributed by atoms with E-state index in [-0.39, 0.29) is 5.97 Å². The molecule has 0 saturated carbocycles. The van der Waals surface area contributed by atoms with Crippen LogP contribution in [0.4, 0.5) is 0 Å². The van der Waals surface area contributed by atoms with Crippen molar-refractivity contribution in [2.24, 2.45) is 0 Å². The number of rotatable bonds is 9. The second-order valence-corrected chi connectivity index (χ2v) is 6.48. The molecular formula is C20H25ClN2O2. The van der Waals surface area contributed by atoms with Crippen molar-refractivity contribution in [3.8, 4) is 16.9 Å². The molecular weight excluding hydrogens is 336 g/mol. The molecule has 1 aromatic heterocycles. The zero-order valence-electron chi connectivity index (χ0n) is 14.9. The smallest absolute Gasteiger partial charge is 0.311 e. The van der Waals surface area contributed by atoms with Gasteiger partial charge in [-0.1, -0.05) is 50.8 Å². The van der Waals surface area contributed by atoms with Crippen LogP contribution in [0.1, 0.15) is 58.2 Å². The van der Waals surface area contributed by atoms with Crippen molar-refractivity contribution in [1.82, 2.24) is 9.97 Å². The number of hydrogen-bond donors (Lipinski definition) is 0. The largest absolute Gasteiger partial charge is 0.425 e. The number of esters is 1.